The van der Waals surface area contributed by atoms with Crippen LogP contribution in [0.1, 0.15) is 39.5 Å². The minimum Gasteiger partial charge on any atom is -0.497 e. The fourth-order valence-corrected chi connectivity index (χ4v) is 4.76. The number of ether oxygens (including phenoxy) is 2. The molecule has 1 aliphatic rings. The first-order chi connectivity index (χ1) is 18.0. The number of methoxy groups -OCH3 is 1. The van der Waals surface area contributed by atoms with Crippen molar-refractivity contribution in [3.63, 3.8) is 0 Å². The number of piperidine rings is 1. The average molecular weight is 507 g/mol. The zero-order valence-corrected chi connectivity index (χ0v) is 22.2. The van der Waals surface area contributed by atoms with E-state index in [0.717, 1.165) is 26.1 Å². The van der Waals surface area contributed by atoms with Crippen molar-refractivity contribution in [2.24, 2.45) is 5.92 Å². The highest BCUT2D eigenvalue weighted by Gasteiger charge is 2.18. The molecule has 1 saturated heterocycles. The molecule has 1 fully saturated rings. The summed E-state index contributed by atoms with van der Waals surface area (Å²) in [4.78, 5) is 33.6. The van der Waals surface area contributed by atoms with E-state index < -0.39 is 0 Å². The molecule has 8 nitrogen and oxygen atoms in total. The molecular formula is C29H38N4O4. The molecule has 1 amide bonds. The second kappa shape index (κ2) is 12.7. The van der Waals surface area contributed by atoms with Crippen molar-refractivity contribution in [3.8, 4) is 22.9 Å². The molecule has 2 aromatic carbocycles. The van der Waals surface area contributed by atoms with Crippen LogP contribution in [-0.4, -0.2) is 60.3 Å². The van der Waals surface area contributed by atoms with E-state index in [4.69, 9.17) is 14.5 Å². The van der Waals surface area contributed by atoms with Crippen molar-refractivity contribution in [1.82, 2.24) is 19.8 Å². The van der Waals surface area contributed by atoms with Gasteiger partial charge in [-0.3, -0.25) is 14.2 Å². The third-order valence-electron chi connectivity index (χ3n) is 6.68. The summed E-state index contributed by atoms with van der Waals surface area (Å²) in [5.74, 6) is 1.85. The Balaban J connectivity index is 1.62. The molecule has 0 bridgehead atoms. The van der Waals surface area contributed by atoms with Gasteiger partial charge in [-0.2, -0.15) is 0 Å². The van der Waals surface area contributed by atoms with Gasteiger partial charge in [-0.1, -0.05) is 32.4 Å². The lowest BCUT2D eigenvalue weighted by Gasteiger charge is -2.29. The molecule has 1 unspecified atom stereocenters. The normalized spacial score (nSPS) is 14.9. The number of hydrogen-bond donors (Lipinski definition) is 1. The van der Waals surface area contributed by atoms with Gasteiger partial charge in [0.05, 0.1) is 24.6 Å². The van der Waals surface area contributed by atoms with Crippen LogP contribution >= 0.6 is 0 Å². The van der Waals surface area contributed by atoms with Crippen LogP contribution in [0.4, 0.5) is 0 Å². The zero-order chi connectivity index (χ0) is 26.2. The number of likely N-dealkylation sites (tertiary alicyclic amines) is 1. The van der Waals surface area contributed by atoms with E-state index in [9.17, 15) is 9.59 Å². The Morgan fingerprint density at radius 1 is 1.11 bits per heavy atom. The van der Waals surface area contributed by atoms with Crippen molar-refractivity contribution in [2.45, 2.75) is 46.1 Å². The highest BCUT2D eigenvalue weighted by Crippen LogP contribution is 2.25. The fourth-order valence-electron chi connectivity index (χ4n) is 4.76. The highest BCUT2D eigenvalue weighted by atomic mass is 16.5. The molecule has 198 valence electrons. The molecule has 0 aliphatic carbocycles. The molecule has 0 saturated carbocycles. The lowest BCUT2D eigenvalue weighted by atomic mass is 10.1. The lowest BCUT2D eigenvalue weighted by molar-refractivity contribution is -0.121. The number of benzene rings is 2. The van der Waals surface area contributed by atoms with Crippen molar-refractivity contribution < 1.29 is 14.3 Å². The van der Waals surface area contributed by atoms with Gasteiger partial charge in [0.2, 0.25) is 5.91 Å². The van der Waals surface area contributed by atoms with Crippen LogP contribution in [0.25, 0.3) is 22.3 Å². The van der Waals surface area contributed by atoms with Crippen molar-refractivity contribution in [2.75, 3.05) is 39.9 Å². The van der Waals surface area contributed by atoms with Gasteiger partial charge in [-0.15, -0.1) is 0 Å². The molecule has 0 radical (unpaired) electrons. The Labute approximate surface area is 218 Å². The summed E-state index contributed by atoms with van der Waals surface area (Å²) in [7, 11) is 1.59. The summed E-state index contributed by atoms with van der Waals surface area (Å²) in [5, 5.41) is 3.28. The molecule has 3 aromatic rings. The molecule has 2 heterocycles. The Morgan fingerprint density at radius 2 is 1.92 bits per heavy atom. The molecule has 1 N–H and O–H groups in total. The standard InChI is InChI=1S/C29H38N4O4/c1-4-13-30-27(34)19-33-28(22-9-8-10-23(16-22)36-3)31-26-12-11-24(17-25(26)29(33)35)37-20-21(2)18-32-14-6-5-7-15-32/h8-12,16-17,21H,4-7,13-15,18-20H2,1-3H3,(H,30,34). The third kappa shape index (κ3) is 6.89. The number of nitrogens with zero attached hydrogens (tertiary/aromatic N) is 3. The first-order valence-corrected chi connectivity index (χ1v) is 13.3. The average Bonchev–Trinajstić information content (AvgIpc) is 2.92. The monoisotopic (exact) mass is 506 g/mol. The van der Waals surface area contributed by atoms with Gasteiger partial charge in [0, 0.05) is 24.6 Å². The Kier molecular flexibility index (Phi) is 9.17. The summed E-state index contributed by atoms with van der Waals surface area (Å²) in [6.45, 7) is 8.52. The van der Waals surface area contributed by atoms with Gasteiger partial charge in [0.25, 0.3) is 5.56 Å². The van der Waals surface area contributed by atoms with E-state index >= 15 is 0 Å². The summed E-state index contributed by atoms with van der Waals surface area (Å²) in [6.07, 6.45) is 4.68. The number of rotatable bonds is 11. The molecule has 8 heteroatoms. The summed E-state index contributed by atoms with van der Waals surface area (Å²) >= 11 is 0. The molecule has 0 spiro atoms. The van der Waals surface area contributed by atoms with Gasteiger partial charge in [0.1, 0.15) is 23.9 Å². The Morgan fingerprint density at radius 3 is 2.68 bits per heavy atom. The molecular weight excluding hydrogens is 468 g/mol. The maximum atomic E-state index is 13.7. The molecule has 1 atom stereocenters. The number of amides is 1. The van der Waals surface area contributed by atoms with E-state index in [0.29, 0.717) is 52.9 Å². The van der Waals surface area contributed by atoms with E-state index in [2.05, 4.69) is 17.1 Å². The molecule has 37 heavy (non-hydrogen) atoms. The number of fused-ring (bicyclic) bond motifs is 1. The van der Waals surface area contributed by atoms with Crippen molar-refractivity contribution >= 4 is 16.8 Å². The number of carbonyl (C=O) groups is 1. The number of hydrogen-bond acceptors (Lipinski definition) is 6. The SMILES string of the molecule is CCCNC(=O)Cn1c(-c2cccc(OC)c2)nc2ccc(OCC(C)CN3CCCCC3)cc2c1=O. The summed E-state index contributed by atoms with van der Waals surface area (Å²) in [5.41, 5.74) is 0.983. The van der Waals surface area contributed by atoms with Gasteiger partial charge in [-0.05, 0) is 62.7 Å². The second-order valence-corrected chi connectivity index (χ2v) is 9.87. The maximum Gasteiger partial charge on any atom is 0.262 e. The van der Waals surface area contributed by atoms with Gasteiger partial charge in [0.15, 0.2) is 0 Å². The largest absolute Gasteiger partial charge is 0.497 e. The summed E-state index contributed by atoms with van der Waals surface area (Å²) in [6, 6.07) is 12.8. The topological polar surface area (TPSA) is 85.7 Å². The van der Waals surface area contributed by atoms with Gasteiger partial charge < -0.3 is 19.7 Å². The number of carbonyl (C=O) groups excluding carboxylic acids is 1. The summed E-state index contributed by atoms with van der Waals surface area (Å²) < 4.78 is 12.9. The molecule has 1 aromatic heterocycles. The lowest BCUT2D eigenvalue weighted by Crippen LogP contribution is -2.35. The van der Waals surface area contributed by atoms with Crippen LogP contribution in [0.15, 0.2) is 47.3 Å². The van der Waals surface area contributed by atoms with Crippen LogP contribution in [0, 0.1) is 5.92 Å². The third-order valence-corrected chi connectivity index (χ3v) is 6.68. The minimum absolute atomic E-state index is 0.119. The van der Waals surface area contributed by atoms with Crippen LogP contribution in [0.2, 0.25) is 0 Å². The fraction of sp³-hybridized carbons (Fsp3) is 0.483. The van der Waals surface area contributed by atoms with E-state index in [-0.39, 0.29) is 18.0 Å². The van der Waals surface area contributed by atoms with E-state index in [1.165, 1.54) is 23.8 Å². The predicted molar refractivity (Wildman–Crippen MR) is 146 cm³/mol. The molecule has 1 aliphatic heterocycles. The number of aromatic nitrogens is 2. The second-order valence-electron chi connectivity index (χ2n) is 9.87. The zero-order valence-electron chi connectivity index (χ0n) is 22.2. The molecule has 4 rings (SSSR count). The highest BCUT2D eigenvalue weighted by molar-refractivity contribution is 5.83. The van der Waals surface area contributed by atoms with Gasteiger partial charge in [-0.25, -0.2) is 4.98 Å². The van der Waals surface area contributed by atoms with Crippen LogP contribution in [-0.2, 0) is 11.3 Å². The quantitative estimate of drug-likeness (QED) is 0.422. The predicted octanol–water partition coefficient (Wildman–Crippen LogP) is 4.10. The Bertz CT molecular complexity index is 1270. The first-order valence-electron chi connectivity index (χ1n) is 13.3. The van der Waals surface area contributed by atoms with Crippen molar-refractivity contribution in [1.29, 1.82) is 0 Å². The first kappa shape index (κ1) is 26.7. The smallest absolute Gasteiger partial charge is 0.262 e. The van der Waals surface area contributed by atoms with E-state index in [1.807, 2.05) is 43.3 Å². The van der Waals surface area contributed by atoms with E-state index in [1.54, 1.807) is 13.2 Å². The van der Waals surface area contributed by atoms with Crippen molar-refractivity contribution in [3.05, 3.63) is 52.8 Å². The van der Waals surface area contributed by atoms with Crippen LogP contribution in [0.3, 0.4) is 0 Å². The minimum atomic E-state index is -0.277. The maximum absolute atomic E-state index is 13.7. The van der Waals surface area contributed by atoms with Crippen LogP contribution < -0.4 is 20.3 Å². The van der Waals surface area contributed by atoms with Crippen LogP contribution in [0.5, 0.6) is 11.5 Å². The van der Waals surface area contributed by atoms with Gasteiger partial charge >= 0.3 is 0 Å². The Hall–Kier alpha value is -3.39. The number of nitrogens with one attached hydrogen (secondary N) is 1.